The van der Waals surface area contributed by atoms with Crippen LogP contribution in [-0.4, -0.2) is 17.6 Å². The number of halogens is 2. The van der Waals surface area contributed by atoms with E-state index < -0.39 is 11.8 Å². The molecule has 1 aromatic carbocycles. The number of nitrogens with one attached hydrogen (secondary N) is 1. The highest BCUT2D eigenvalue weighted by Gasteiger charge is 2.08. The SMILES string of the molecule is CC(NCCC(=O)O)c1ccc(Cl)c(F)c1. The average molecular weight is 246 g/mol. The van der Waals surface area contributed by atoms with Crippen LogP contribution in [0.15, 0.2) is 18.2 Å². The second-order valence-corrected chi connectivity index (χ2v) is 3.90. The van der Waals surface area contributed by atoms with E-state index >= 15 is 0 Å². The molecule has 0 fully saturated rings. The maximum atomic E-state index is 13.1. The van der Waals surface area contributed by atoms with Gasteiger partial charge in [-0.2, -0.15) is 0 Å². The van der Waals surface area contributed by atoms with Gasteiger partial charge < -0.3 is 10.4 Å². The second-order valence-electron chi connectivity index (χ2n) is 3.49. The van der Waals surface area contributed by atoms with Gasteiger partial charge in [-0.25, -0.2) is 4.39 Å². The number of benzene rings is 1. The summed E-state index contributed by atoms with van der Waals surface area (Å²) in [5.41, 5.74) is 0.743. The van der Waals surface area contributed by atoms with Crippen molar-refractivity contribution in [3.8, 4) is 0 Å². The first-order chi connectivity index (χ1) is 7.50. The van der Waals surface area contributed by atoms with Crippen molar-refractivity contribution in [2.45, 2.75) is 19.4 Å². The summed E-state index contributed by atoms with van der Waals surface area (Å²) in [7, 11) is 0. The van der Waals surface area contributed by atoms with Crippen LogP contribution in [0.4, 0.5) is 4.39 Å². The Kier molecular flexibility index (Phi) is 4.71. The maximum Gasteiger partial charge on any atom is 0.304 e. The van der Waals surface area contributed by atoms with Crippen molar-refractivity contribution >= 4 is 17.6 Å². The second kappa shape index (κ2) is 5.82. The van der Waals surface area contributed by atoms with Crippen molar-refractivity contribution in [3.05, 3.63) is 34.6 Å². The van der Waals surface area contributed by atoms with Crippen molar-refractivity contribution in [1.82, 2.24) is 5.32 Å². The van der Waals surface area contributed by atoms with E-state index in [1.54, 1.807) is 6.07 Å². The largest absolute Gasteiger partial charge is 0.481 e. The molecule has 0 heterocycles. The molecule has 1 atom stereocenters. The van der Waals surface area contributed by atoms with Gasteiger partial charge in [-0.05, 0) is 24.6 Å². The number of hydrogen-bond donors (Lipinski definition) is 2. The van der Waals surface area contributed by atoms with E-state index in [-0.39, 0.29) is 17.5 Å². The lowest BCUT2D eigenvalue weighted by molar-refractivity contribution is -0.136. The average Bonchev–Trinajstić information content (AvgIpc) is 2.21. The lowest BCUT2D eigenvalue weighted by atomic mass is 10.1. The molecule has 16 heavy (non-hydrogen) atoms. The quantitative estimate of drug-likeness (QED) is 0.838. The van der Waals surface area contributed by atoms with Crippen molar-refractivity contribution in [2.75, 3.05) is 6.54 Å². The summed E-state index contributed by atoms with van der Waals surface area (Å²) in [5, 5.41) is 11.5. The lowest BCUT2D eigenvalue weighted by Gasteiger charge is -2.13. The van der Waals surface area contributed by atoms with E-state index in [0.29, 0.717) is 6.54 Å². The van der Waals surface area contributed by atoms with Crippen LogP contribution in [0.25, 0.3) is 0 Å². The summed E-state index contributed by atoms with van der Waals surface area (Å²) >= 11 is 5.56. The molecule has 5 heteroatoms. The highest BCUT2D eigenvalue weighted by atomic mass is 35.5. The van der Waals surface area contributed by atoms with Crippen molar-refractivity contribution in [3.63, 3.8) is 0 Å². The Morgan fingerprint density at radius 1 is 1.62 bits per heavy atom. The van der Waals surface area contributed by atoms with Gasteiger partial charge in [0.2, 0.25) is 0 Å². The Morgan fingerprint density at radius 3 is 2.88 bits per heavy atom. The minimum atomic E-state index is -0.859. The van der Waals surface area contributed by atoms with Crippen LogP contribution in [0, 0.1) is 5.82 Å². The molecule has 0 saturated carbocycles. The lowest BCUT2D eigenvalue weighted by Crippen LogP contribution is -2.21. The summed E-state index contributed by atoms with van der Waals surface area (Å²) in [5.74, 6) is -1.33. The van der Waals surface area contributed by atoms with Crippen LogP contribution in [0.1, 0.15) is 24.9 Å². The highest BCUT2D eigenvalue weighted by molar-refractivity contribution is 6.30. The van der Waals surface area contributed by atoms with Crippen LogP contribution >= 0.6 is 11.6 Å². The minimum absolute atomic E-state index is 0.0421. The molecule has 1 unspecified atom stereocenters. The van der Waals surface area contributed by atoms with Crippen molar-refractivity contribution in [1.29, 1.82) is 0 Å². The van der Waals surface area contributed by atoms with E-state index in [9.17, 15) is 9.18 Å². The van der Waals surface area contributed by atoms with Gasteiger partial charge in [0.15, 0.2) is 0 Å². The normalized spacial score (nSPS) is 12.4. The summed E-state index contributed by atoms with van der Waals surface area (Å²) in [6, 6.07) is 4.44. The fourth-order valence-electron chi connectivity index (χ4n) is 1.30. The molecule has 0 bridgehead atoms. The van der Waals surface area contributed by atoms with Gasteiger partial charge in [0.1, 0.15) is 5.82 Å². The zero-order valence-corrected chi connectivity index (χ0v) is 9.59. The first-order valence-corrected chi connectivity index (χ1v) is 5.28. The van der Waals surface area contributed by atoms with E-state index in [2.05, 4.69) is 5.32 Å². The third-order valence-corrected chi connectivity index (χ3v) is 2.54. The summed E-state index contributed by atoms with van der Waals surface area (Å²) < 4.78 is 13.1. The highest BCUT2D eigenvalue weighted by Crippen LogP contribution is 2.19. The van der Waals surface area contributed by atoms with Gasteiger partial charge >= 0.3 is 5.97 Å². The summed E-state index contributed by atoms with van der Waals surface area (Å²) in [6.07, 6.45) is 0.0421. The van der Waals surface area contributed by atoms with Gasteiger partial charge in [-0.15, -0.1) is 0 Å². The van der Waals surface area contributed by atoms with E-state index in [0.717, 1.165) is 5.56 Å². The van der Waals surface area contributed by atoms with Crippen molar-refractivity contribution < 1.29 is 14.3 Å². The number of hydrogen-bond acceptors (Lipinski definition) is 2. The van der Waals surface area contributed by atoms with Gasteiger partial charge in [0.05, 0.1) is 11.4 Å². The number of rotatable bonds is 5. The van der Waals surface area contributed by atoms with E-state index in [4.69, 9.17) is 16.7 Å². The zero-order valence-electron chi connectivity index (χ0n) is 8.84. The Morgan fingerprint density at radius 2 is 2.31 bits per heavy atom. The summed E-state index contributed by atoms with van der Waals surface area (Å²) in [6.45, 7) is 2.19. The van der Waals surface area contributed by atoms with Gasteiger partial charge in [0, 0.05) is 12.6 Å². The first-order valence-electron chi connectivity index (χ1n) is 4.91. The molecule has 1 aromatic rings. The number of carboxylic acid groups (broad SMARTS) is 1. The molecular formula is C11H13ClFNO2. The van der Waals surface area contributed by atoms with Crippen molar-refractivity contribution in [2.24, 2.45) is 0 Å². The number of carboxylic acids is 1. The molecule has 2 N–H and O–H groups in total. The molecule has 3 nitrogen and oxygen atoms in total. The van der Waals surface area contributed by atoms with Gasteiger partial charge in [-0.3, -0.25) is 4.79 Å². The van der Waals surface area contributed by atoms with E-state index in [1.807, 2.05) is 6.92 Å². The van der Waals surface area contributed by atoms with Crippen LogP contribution in [0.5, 0.6) is 0 Å². The molecule has 0 radical (unpaired) electrons. The smallest absolute Gasteiger partial charge is 0.304 e. The minimum Gasteiger partial charge on any atom is -0.481 e. The molecule has 0 spiro atoms. The molecule has 0 aliphatic rings. The van der Waals surface area contributed by atoms with Gasteiger partial charge in [0.25, 0.3) is 0 Å². The number of aliphatic carboxylic acids is 1. The Bertz CT molecular complexity index is 384. The van der Waals surface area contributed by atoms with Crippen LogP contribution in [0.3, 0.4) is 0 Å². The fraction of sp³-hybridized carbons (Fsp3) is 0.364. The maximum absolute atomic E-state index is 13.1. The molecule has 88 valence electrons. The topological polar surface area (TPSA) is 49.3 Å². The Balaban J connectivity index is 2.55. The molecular weight excluding hydrogens is 233 g/mol. The Labute approximate surface area is 98.2 Å². The molecule has 0 aliphatic heterocycles. The third kappa shape index (κ3) is 3.79. The monoisotopic (exact) mass is 245 g/mol. The predicted molar refractivity (Wildman–Crippen MR) is 60.1 cm³/mol. The molecule has 0 aromatic heterocycles. The van der Waals surface area contributed by atoms with Gasteiger partial charge in [-0.1, -0.05) is 17.7 Å². The van der Waals surface area contributed by atoms with Crippen LogP contribution in [0.2, 0.25) is 5.02 Å². The third-order valence-electron chi connectivity index (χ3n) is 2.23. The zero-order chi connectivity index (χ0) is 12.1. The van der Waals surface area contributed by atoms with E-state index in [1.165, 1.54) is 12.1 Å². The molecule has 0 saturated heterocycles. The molecule has 0 aliphatic carbocycles. The standard InChI is InChI=1S/C11H13ClFNO2/c1-7(14-5-4-11(15)16)8-2-3-9(12)10(13)6-8/h2-3,6-7,14H,4-5H2,1H3,(H,15,16). The molecule has 1 rings (SSSR count). The summed E-state index contributed by atoms with van der Waals surface area (Å²) in [4.78, 5) is 10.3. The first kappa shape index (κ1) is 12.9. The van der Waals surface area contributed by atoms with Crippen LogP contribution < -0.4 is 5.32 Å². The van der Waals surface area contributed by atoms with Crippen LogP contribution in [-0.2, 0) is 4.79 Å². The number of carbonyl (C=O) groups is 1. The fourth-order valence-corrected chi connectivity index (χ4v) is 1.41. The Hall–Kier alpha value is -1.13. The molecule has 0 amide bonds. The predicted octanol–water partition coefficient (Wildman–Crippen LogP) is 2.60.